The summed E-state index contributed by atoms with van der Waals surface area (Å²) in [7, 11) is 1.45. The van der Waals surface area contributed by atoms with Crippen molar-refractivity contribution in [3.05, 3.63) is 55.7 Å². The highest BCUT2D eigenvalue weighted by atomic mass is 35.5. The molecule has 2 heterocycles. The molecule has 7 nitrogen and oxygen atoms in total. The number of nitrogens with one attached hydrogen (secondary N) is 1. The third-order valence-corrected chi connectivity index (χ3v) is 7.84. The van der Waals surface area contributed by atoms with E-state index in [9.17, 15) is 4.79 Å². The number of thiophene rings is 1. The van der Waals surface area contributed by atoms with Crippen LogP contribution in [-0.2, 0) is 32.0 Å². The van der Waals surface area contributed by atoms with E-state index in [1.807, 2.05) is 51.3 Å². The van der Waals surface area contributed by atoms with Gasteiger partial charge in [0.1, 0.15) is 0 Å². The van der Waals surface area contributed by atoms with Gasteiger partial charge in [0, 0.05) is 41.1 Å². The third-order valence-electron chi connectivity index (χ3n) is 6.02. The van der Waals surface area contributed by atoms with Crippen LogP contribution >= 0.6 is 22.9 Å². The molecule has 1 N–H and O–H groups in total. The summed E-state index contributed by atoms with van der Waals surface area (Å²) in [6.07, 6.45) is 3.50. The summed E-state index contributed by atoms with van der Waals surface area (Å²) < 4.78 is 16.8. The summed E-state index contributed by atoms with van der Waals surface area (Å²) in [6.45, 7) is 7.19. The van der Waals surface area contributed by atoms with Crippen LogP contribution in [0.3, 0.4) is 0 Å². The van der Waals surface area contributed by atoms with Crippen LogP contribution in [0.1, 0.15) is 65.5 Å². The highest BCUT2D eigenvalue weighted by Crippen LogP contribution is 2.48. The van der Waals surface area contributed by atoms with E-state index in [0.29, 0.717) is 24.8 Å². The van der Waals surface area contributed by atoms with Gasteiger partial charge in [0.2, 0.25) is 5.91 Å². The number of hydrazone groups is 1. The summed E-state index contributed by atoms with van der Waals surface area (Å²) >= 11 is 8.27. The van der Waals surface area contributed by atoms with Crippen LogP contribution in [0.5, 0.6) is 0 Å². The normalized spacial score (nSPS) is 19.8. The molecule has 0 spiro atoms. The van der Waals surface area contributed by atoms with Gasteiger partial charge in [-0.1, -0.05) is 29.8 Å². The summed E-state index contributed by atoms with van der Waals surface area (Å²) in [4.78, 5) is 14.7. The van der Waals surface area contributed by atoms with Gasteiger partial charge in [-0.25, -0.2) is 5.12 Å². The maximum atomic E-state index is 12.4. The van der Waals surface area contributed by atoms with Gasteiger partial charge in [0.05, 0.1) is 25.5 Å². The van der Waals surface area contributed by atoms with Crippen LogP contribution in [0.15, 0.2) is 29.4 Å². The smallest absolute Gasteiger partial charge is 0.313 e. The first-order chi connectivity index (χ1) is 15.9. The minimum Gasteiger partial charge on any atom is -0.469 e. The van der Waals surface area contributed by atoms with E-state index < -0.39 is 5.91 Å². The van der Waals surface area contributed by atoms with Crippen molar-refractivity contribution in [3.63, 3.8) is 0 Å². The number of carbonyl (C=O) groups is 1. The van der Waals surface area contributed by atoms with Gasteiger partial charge >= 0.3 is 5.97 Å². The lowest BCUT2D eigenvalue weighted by Crippen LogP contribution is -2.54. The molecule has 2 aromatic rings. The molecule has 0 radical (unpaired) electrons. The van der Waals surface area contributed by atoms with Crippen molar-refractivity contribution in [1.29, 1.82) is 0 Å². The molecular weight excluding hydrogens is 462 g/mol. The number of hydrazine groups is 1. The Kier molecular flexibility index (Phi) is 7.40. The third kappa shape index (κ3) is 4.81. The molecule has 178 valence electrons. The second-order valence-electron chi connectivity index (χ2n) is 8.15. The monoisotopic (exact) mass is 491 g/mol. The topological polar surface area (TPSA) is 72.4 Å². The van der Waals surface area contributed by atoms with Crippen molar-refractivity contribution >= 4 is 35.1 Å². The lowest BCUT2D eigenvalue weighted by molar-refractivity contribution is -0.267. The van der Waals surface area contributed by atoms with Crippen molar-refractivity contribution in [2.75, 3.05) is 20.3 Å². The fourth-order valence-corrected chi connectivity index (χ4v) is 6.44. The number of methoxy groups -OCH3 is 1. The number of hydrogen-bond acceptors (Lipinski definition) is 8. The molecule has 1 aromatic heterocycles. The number of nitrogens with zero attached hydrogens (tertiary/aromatic N) is 2. The molecule has 0 saturated heterocycles. The van der Waals surface area contributed by atoms with Crippen LogP contribution in [0.25, 0.3) is 0 Å². The first-order valence-electron chi connectivity index (χ1n) is 11.2. The Morgan fingerprint density at radius 1 is 1.24 bits per heavy atom. The number of rotatable bonds is 8. The quantitative estimate of drug-likeness (QED) is 0.423. The highest BCUT2D eigenvalue weighted by Gasteiger charge is 2.38. The van der Waals surface area contributed by atoms with E-state index in [2.05, 4.69) is 5.43 Å². The molecule has 2 unspecified atom stereocenters. The molecule has 2 atom stereocenters. The summed E-state index contributed by atoms with van der Waals surface area (Å²) in [5.41, 5.74) is 6.67. The van der Waals surface area contributed by atoms with Crippen molar-refractivity contribution in [2.24, 2.45) is 5.10 Å². The van der Waals surface area contributed by atoms with Gasteiger partial charge in [-0.15, -0.1) is 11.3 Å². The Morgan fingerprint density at radius 3 is 2.64 bits per heavy atom. The minimum absolute atomic E-state index is 0.125. The van der Waals surface area contributed by atoms with Crippen molar-refractivity contribution < 1.29 is 19.0 Å². The van der Waals surface area contributed by atoms with Crippen LogP contribution in [-0.4, -0.2) is 43.5 Å². The number of ether oxygens (including phenoxy) is 3. The molecule has 0 bridgehead atoms. The largest absolute Gasteiger partial charge is 0.469 e. The maximum Gasteiger partial charge on any atom is 0.313 e. The van der Waals surface area contributed by atoms with E-state index in [1.54, 1.807) is 16.5 Å². The summed E-state index contributed by atoms with van der Waals surface area (Å²) in [5.74, 6) is -1.54. The van der Waals surface area contributed by atoms with Crippen LogP contribution in [0, 0.1) is 0 Å². The molecule has 4 rings (SSSR count). The first-order valence-corrected chi connectivity index (χ1v) is 12.4. The van der Waals surface area contributed by atoms with E-state index >= 15 is 0 Å². The van der Waals surface area contributed by atoms with E-state index in [-0.39, 0.29) is 17.8 Å². The molecule has 0 amide bonds. The van der Waals surface area contributed by atoms with E-state index in [1.165, 1.54) is 18.2 Å². The lowest BCUT2D eigenvalue weighted by Gasteiger charge is -2.34. The number of halogens is 1. The molecule has 0 fully saturated rings. The van der Waals surface area contributed by atoms with E-state index in [0.717, 1.165) is 28.2 Å². The lowest BCUT2D eigenvalue weighted by atomic mass is 9.94. The first kappa shape index (κ1) is 24.2. The Labute approximate surface area is 203 Å². The predicted molar refractivity (Wildman–Crippen MR) is 130 cm³/mol. The van der Waals surface area contributed by atoms with Crippen molar-refractivity contribution in [1.82, 2.24) is 10.5 Å². The Morgan fingerprint density at radius 2 is 1.97 bits per heavy atom. The number of benzene rings is 1. The number of carbonyl (C=O) groups excluding carboxylic acids is 1. The van der Waals surface area contributed by atoms with Gasteiger partial charge in [0.15, 0.2) is 0 Å². The predicted octanol–water partition coefficient (Wildman–Crippen LogP) is 4.79. The molecular formula is C24H30ClN3O4S. The average Bonchev–Trinajstić information content (AvgIpc) is 3.30. The highest BCUT2D eigenvalue weighted by molar-refractivity contribution is 7.12. The SMILES string of the molecule is CCOC(C)(NN1Cc2c(sc3c2CCC3C(=O)OC)C(c2ccccc2Cl)C=N1)OCC. The fraction of sp³-hybridized carbons (Fsp3) is 0.500. The molecule has 9 heteroatoms. The number of esters is 1. The Balaban J connectivity index is 1.77. The van der Waals surface area contributed by atoms with Gasteiger partial charge < -0.3 is 14.2 Å². The second kappa shape index (κ2) is 10.1. The number of hydrogen-bond donors (Lipinski definition) is 1. The standard InChI is InChI=1S/C24H30ClN3O4S/c1-5-31-24(3,32-6-2)27-28-14-19-16-11-12-17(23(29)30-4)21(16)33-22(19)18(13-26-28)15-9-7-8-10-20(15)25/h7-10,13,17-18,27H,5-6,11-12,14H2,1-4H3. The Bertz CT molecular complexity index is 1030. The van der Waals surface area contributed by atoms with Crippen molar-refractivity contribution in [3.8, 4) is 0 Å². The van der Waals surface area contributed by atoms with Crippen molar-refractivity contribution in [2.45, 2.75) is 57.9 Å². The molecule has 1 aliphatic carbocycles. The van der Waals surface area contributed by atoms with Crippen LogP contribution in [0.2, 0.25) is 5.02 Å². The van der Waals surface area contributed by atoms with Crippen LogP contribution in [0.4, 0.5) is 0 Å². The molecule has 2 aliphatic rings. The second-order valence-corrected chi connectivity index (χ2v) is 9.64. The van der Waals surface area contributed by atoms with Gasteiger partial charge in [-0.05, 0) is 49.4 Å². The zero-order valence-corrected chi connectivity index (χ0v) is 21.0. The molecule has 33 heavy (non-hydrogen) atoms. The fourth-order valence-electron chi connectivity index (χ4n) is 4.62. The van der Waals surface area contributed by atoms with Crippen LogP contribution < -0.4 is 5.43 Å². The molecule has 1 aliphatic heterocycles. The van der Waals surface area contributed by atoms with Gasteiger partial charge in [-0.3, -0.25) is 4.79 Å². The summed E-state index contributed by atoms with van der Waals surface area (Å²) in [5, 5.41) is 7.20. The zero-order chi connectivity index (χ0) is 23.6. The number of fused-ring (bicyclic) bond motifs is 3. The minimum atomic E-state index is -1.01. The molecule has 1 aromatic carbocycles. The molecule has 0 saturated carbocycles. The average molecular weight is 492 g/mol. The van der Waals surface area contributed by atoms with Gasteiger partial charge in [-0.2, -0.15) is 10.5 Å². The van der Waals surface area contributed by atoms with E-state index in [4.69, 9.17) is 30.9 Å². The zero-order valence-electron chi connectivity index (χ0n) is 19.4. The Hall–Kier alpha value is -1.97. The van der Waals surface area contributed by atoms with Gasteiger partial charge in [0.25, 0.3) is 0 Å². The summed E-state index contributed by atoms with van der Waals surface area (Å²) in [6, 6.07) is 7.82. The maximum absolute atomic E-state index is 12.4.